The summed E-state index contributed by atoms with van der Waals surface area (Å²) in [5.74, 6) is -1.01. The Balaban J connectivity index is 2.61. The third-order valence-electron chi connectivity index (χ3n) is 2.58. The van der Waals surface area contributed by atoms with Crippen LogP contribution in [0, 0.1) is 6.92 Å². The van der Waals surface area contributed by atoms with Crippen molar-refractivity contribution >= 4 is 5.78 Å². The monoisotopic (exact) mass is 271 g/mol. The van der Waals surface area contributed by atoms with Crippen LogP contribution in [0.5, 0.6) is 0 Å². The quantitative estimate of drug-likeness (QED) is 0.854. The maximum atomic E-state index is 12.8. The number of alkyl halides is 3. The van der Waals surface area contributed by atoms with E-state index in [9.17, 15) is 22.8 Å². The van der Waals surface area contributed by atoms with Crippen molar-refractivity contribution in [3.8, 4) is 0 Å². The molecule has 19 heavy (non-hydrogen) atoms. The molecule has 0 aliphatic rings. The van der Waals surface area contributed by atoms with Gasteiger partial charge in [0.15, 0.2) is 0 Å². The molecule has 1 aromatic carbocycles. The Bertz CT molecular complexity index is 682. The van der Waals surface area contributed by atoms with E-state index in [-0.39, 0.29) is 5.69 Å². The lowest BCUT2D eigenvalue weighted by Gasteiger charge is -2.10. The summed E-state index contributed by atoms with van der Waals surface area (Å²) in [5, 5.41) is 2.16. The predicted molar refractivity (Wildman–Crippen MR) is 58.9 cm³/mol. The van der Waals surface area contributed by atoms with Gasteiger partial charge in [0.05, 0.1) is 11.3 Å². The Labute approximate surface area is 104 Å². The van der Waals surface area contributed by atoms with Crippen molar-refractivity contribution in [2.45, 2.75) is 13.1 Å². The number of aromatic nitrogens is 1. The molecule has 0 saturated heterocycles. The Morgan fingerprint density at radius 2 is 1.89 bits per heavy atom. The average Bonchev–Trinajstić information content (AvgIpc) is 2.67. The highest BCUT2D eigenvalue weighted by atomic mass is 19.4. The van der Waals surface area contributed by atoms with Crippen molar-refractivity contribution in [2.75, 3.05) is 0 Å². The minimum absolute atomic E-state index is 0.0898. The van der Waals surface area contributed by atoms with E-state index in [2.05, 4.69) is 9.68 Å². The lowest BCUT2D eigenvalue weighted by atomic mass is 9.98. The molecule has 0 saturated carbocycles. The number of hydrogen-bond donors (Lipinski definition) is 1. The number of nitrogens with one attached hydrogen (secondary N) is 1. The zero-order chi connectivity index (χ0) is 14.2. The number of aromatic amines is 1. The largest absolute Gasteiger partial charge is 0.417 e. The lowest BCUT2D eigenvalue weighted by Crippen LogP contribution is -2.18. The van der Waals surface area contributed by atoms with Crippen molar-refractivity contribution in [3.05, 3.63) is 57.1 Å². The summed E-state index contributed by atoms with van der Waals surface area (Å²) in [4.78, 5) is 23.4. The second-order valence-corrected chi connectivity index (χ2v) is 3.86. The molecule has 0 amide bonds. The van der Waals surface area contributed by atoms with E-state index in [4.69, 9.17) is 0 Å². The second kappa shape index (κ2) is 4.42. The van der Waals surface area contributed by atoms with Gasteiger partial charge in [-0.25, -0.2) is 9.95 Å². The number of rotatable bonds is 2. The van der Waals surface area contributed by atoms with E-state index in [1.54, 1.807) is 0 Å². The highest BCUT2D eigenvalue weighted by Crippen LogP contribution is 2.32. The molecule has 1 N–H and O–H groups in total. The number of carbonyl (C=O) groups excluding carboxylic acids is 1. The van der Waals surface area contributed by atoms with Crippen LogP contribution in [0.4, 0.5) is 13.2 Å². The molecule has 2 rings (SSSR count). The van der Waals surface area contributed by atoms with Gasteiger partial charge in [0.25, 0.3) is 0 Å². The van der Waals surface area contributed by atoms with Gasteiger partial charge in [-0.15, -0.1) is 0 Å². The highest BCUT2D eigenvalue weighted by molar-refractivity contribution is 6.10. The van der Waals surface area contributed by atoms with Crippen LogP contribution < -0.4 is 5.63 Å². The number of hydrogen-bond acceptors (Lipinski definition) is 3. The minimum atomic E-state index is -4.67. The maximum Gasteiger partial charge on any atom is 0.417 e. The van der Waals surface area contributed by atoms with E-state index in [1.165, 1.54) is 19.1 Å². The van der Waals surface area contributed by atoms with Crippen molar-refractivity contribution in [1.29, 1.82) is 0 Å². The van der Waals surface area contributed by atoms with Crippen molar-refractivity contribution in [3.63, 3.8) is 0 Å². The summed E-state index contributed by atoms with van der Waals surface area (Å²) in [6.45, 7) is 1.37. The molecular weight excluding hydrogens is 263 g/mol. The Morgan fingerprint density at radius 3 is 2.42 bits per heavy atom. The molecule has 0 atom stereocenters. The number of aryl methyl sites for hydroxylation is 1. The van der Waals surface area contributed by atoms with Crippen molar-refractivity contribution < 1.29 is 22.5 Å². The van der Waals surface area contributed by atoms with Gasteiger partial charge in [0, 0.05) is 5.56 Å². The van der Waals surface area contributed by atoms with Gasteiger partial charge >= 0.3 is 11.8 Å². The molecule has 0 aliphatic heterocycles. The third kappa shape index (κ3) is 2.31. The number of ketones is 1. The molecular formula is C12H8F3NO3. The van der Waals surface area contributed by atoms with Gasteiger partial charge in [-0.05, 0) is 13.0 Å². The average molecular weight is 271 g/mol. The first-order valence-corrected chi connectivity index (χ1v) is 5.21. The summed E-state index contributed by atoms with van der Waals surface area (Å²) >= 11 is 0. The summed E-state index contributed by atoms with van der Waals surface area (Å²) in [5.41, 5.74) is -2.98. The Morgan fingerprint density at radius 1 is 1.26 bits per heavy atom. The fourth-order valence-electron chi connectivity index (χ4n) is 1.70. The Kier molecular flexibility index (Phi) is 3.05. The first kappa shape index (κ1) is 13.1. The predicted octanol–water partition coefficient (Wildman–Crippen LogP) is 2.53. The molecule has 0 bridgehead atoms. The number of halogens is 3. The van der Waals surface area contributed by atoms with Crippen LogP contribution in [0.15, 0.2) is 33.6 Å². The van der Waals surface area contributed by atoms with E-state index in [0.717, 1.165) is 12.1 Å². The van der Waals surface area contributed by atoms with E-state index < -0.39 is 34.3 Å². The molecule has 0 radical (unpaired) electrons. The summed E-state index contributed by atoms with van der Waals surface area (Å²) < 4.78 is 42.8. The van der Waals surface area contributed by atoms with Crippen LogP contribution in [0.2, 0.25) is 0 Å². The molecule has 0 unspecified atom stereocenters. The molecule has 0 spiro atoms. The molecule has 100 valence electrons. The van der Waals surface area contributed by atoms with Crippen LogP contribution in [0.25, 0.3) is 0 Å². The summed E-state index contributed by atoms with van der Waals surface area (Å²) in [7, 11) is 0. The van der Waals surface area contributed by atoms with Gasteiger partial charge in [0.1, 0.15) is 5.56 Å². The molecule has 2 aromatic rings. The van der Waals surface area contributed by atoms with Gasteiger partial charge in [0.2, 0.25) is 5.78 Å². The van der Waals surface area contributed by atoms with E-state index in [1.807, 2.05) is 0 Å². The summed E-state index contributed by atoms with van der Waals surface area (Å²) in [6, 6.07) is 4.28. The number of benzene rings is 1. The number of H-pyrrole nitrogens is 1. The van der Waals surface area contributed by atoms with Crippen LogP contribution in [0.3, 0.4) is 0 Å². The first-order chi connectivity index (χ1) is 8.82. The Hall–Kier alpha value is -2.31. The normalized spacial score (nSPS) is 11.6. The number of carbonyl (C=O) groups is 1. The second-order valence-electron chi connectivity index (χ2n) is 3.86. The minimum Gasteiger partial charge on any atom is -0.338 e. The van der Waals surface area contributed by atoms with Crippen LogP contribution in [-0.4, -0.2) is 10.9 Å². The zero-order valence-electron chi connectivity index (χ0n) is 9.67. The molecule has 1 aromatic heterocycles. The smallest absolute Gasteiger partial charge is 0.338 e. The first-order valence-electron chi connectivity index (χ1n) is 5.21. The fraction of sp³-hybridized carbons (Fsp3) is 0.167. The zero-order valence-corrected chi connectivity index (χ0v) is 9.67. The lowest BCUT2D eigenvalue weighted by molar-refractivity contribution is -0.137. The summed E-state index contributed by atoms with van der Waals surface area (Å²) in [6.07, 6.45) is -4.67. The van der Waals surface area contributed by atoms with Crippen molar-refractivity contribution in [2.24, 2.45) is 0 Å². The molecule has 0 fully saturated rings. The molecule has 7 heteroatoms. The van der Waals surface area contributed by atoms with E-state index >= 15 is 0 Å². The van der Waals surface area contributed by atoms with Crippen LogP contribution >= 0.6 is 0 Å². The van der Waals surface area contributed by atoms with Crippen LogP contribution in [-0.2, 0) is 6.18 Å². The SMILES string of the molecule is Cc1[nH]oc(=O)c1C(=O)c1ccccc1C(F)(F)F. The molecule has 0 aliphatic carbocycles. The van der Waals surface area contributed by atoms with Gasteiger partial charge in [-0.2, -0.15) is 13.2 Å². The van der Waals surface area contributed by atoms with Gasteiger partial charge in [-0.1, -0.05) is 18.2 Å². The van der Waals surface area contributed by atoms with Crippen LogP contribution in [0.1, 0.15) is 27.2 Å². The van der Waals surface area contributed by atoms with E-state index in [0.29, 0.717) is 0 Å². The highest BCUT2D eigenvalue weighted by Gasteiger charge is 2.36. The maximum absolute atomic E-state index is 12.8. The van der Waals surface area contributed by atoms with Gasteiger partial charge in [-0.3, -0.25) is 4.79 Å². The molecule has 1 heterocycles. The molecule has 4 nitrogen and oxygen atoms in total. The standard InChI is InChI=1S/C12H8F3NO3/c1-6-9(11(18)19-16-6)10(17)7-4-2-3-5-8(7)12(13,14)15/h2-5,16H,1H3. The van der Waals surface area contributed by atoms with Crippen molar-refractivity contribution in [1.82, 2.24) is 5.16 Å². The third-order valence-corrected chi connectivity index (χ3v) is 2.58. The fourth-order valence-corrected chi connectivity index (χ4v) is 1.70. The topological polar surface area (TPSA) is 63.1 Å². The van der Waals surface area contributed by atoms with Gasteiger partial charge < -0.3 is 4.52 Å².